The van der Waals surface area contributed by atoms with Crippen molar-refractivity contribution in [3.63, 3.8) is 0 Å². The molecule has 6 heteroatoms. The van der Waals surface area contributed by atoms with E-state index in [2.05, 4.69) is 16.0 Å². The third-order valence-corrected chi connectivity index (χ3v) is 3.26. The molecule has 0 saturated heterocycles. The standard InChI is InChI=1S/C18H20FN3O2/c1-12(2)18(24)22-16-9-7-15(8-10-16)21-17(23)11-20-14-5-3-13(19)4-6-14/h3-10,12,20H,11H2,1-2H3,(H,21,23)(H,22,24). The molecule has 0 radical (unpaired) electrons. The highest BCUT2D eigenvalue weighted by Crippen LogP contribution is 2.14. The Bertz CT molecular complexity index is 697. The van der Waals surface area contributed by atoms with Crippen molar-refractivity contribution < 1.29 is 14.0 Å². The molecule has 2 aromatic rings. The summed E-state index contributed by atoms with van der Waals surface area (Å²) in [4.78, 5) is 23.5. The molecule has 126 valence electrons. The number of carbonyl (C=O) groups is 2. The van der Waals surface area contributed by atoms with Crippen molar-refractivity contribution in [1.29, 1.82) is 0 Å². The Balaban J connectivity index is 1.83. The van der Waals surface area contributed by atoms with Gasteiger partial charge in [0.2, 0.25) is 11.8 Å². The number of nitrogens with one attached hydrogen (secondary N) is 3. The Hall–Kier alpha value is -2.89. The van der Waals surface area contributed by atoms with Crippen LogP contribution in [0.1, 0.15) is 13.8 Å². The molecule has 5 nitrogen and oxygen atoms in total. The monoisotopic (exact) mass is 329 g/mol. The number of halogens is 1. The van der Waals surface area contributed by atoms with Gasteiger partial charge in [0.25, 0.3) is 0 Å². The summed E-state index contributed by atoms with van der Waals surface area (Å²) < 4.78 is 12.8. The molecule has 0 aliphatic rings. The van der Waals surface area contributed by atoms with Crippen LogP contribution in [0.25, 0.3) is 0 Å². The molecule has 0 saturated carbocycles. The first-order valence-electron chi connectivity index (χ1n) is 7.64. The van der Waals surface area contributed by atoms with Crippen LogP contribution >= 0.6 is 0 Å². The van der Waals surface area contributed by atoms with Gasteiger partial charge in [-0.3, -0.25) is 9.59 Å². The van der Waals surface area contributed by atoms with Gasteiger partial charge in [-0.2, -0.15) is 0 Å². The predicted molar refractivity (Wildman–Crippen MR) is 93.4 cm³/mol. The molecule has 2 rings (SSSR count). The van der Waals surface area contributed by atoms with Crippen LogP contribution in [0.2, 0.25) is 0 Å². The summed E-state index contributed by atoms with van der Waals surface area (Å²) in [5.74, 6) is -0.704. The zero-order valence-corrected chi connectivity index (χ0v) is 13.6. The summed E-state index contributed by atoms with van der Waals surface area (Å²) in [6.45, 7) is 3.70. The van der Waals surface area contributed by atoms with Crippen LogP contribution in [0.4, 0.5) is 21.5 Å². The minimum Gasteiger partial charge on any atom is -0.376 e. The van der Waals surface area contributed by atoms with Crippen LogP contribution in [0.5, 0.6) is 0 Å². The molecular weight excluding hydrogens is 309 g/mol. The third kappa shape index (κ3) is 5.39. The van der Waals surface area contributed by atoms with Gasteiger partial charge in [0, 0.05) is 23.0 Å². The summed E-state index contributed by atoms with van der Waals surface area (Å²) in [7, 11) is 0. The van der Waals surface area contributed by atoms with Gasteiger partial charge in [-0.05, 0) is 48.5 Å². The van der Waals surface area contributed by atoms with Crippen LogP contribution in [-0.2, 0) is 9.59 Å². The maximum Gasteiger partial charge on any atom is 0.243 e. The second-order valence-electron chi connectivity index (χ2n) is 5.63. The molecule has 0 spiro atoms. The van der Waals surface area contributed by atoms with Crippen LogP contribution in [0, 0.1) is 11.7 Å². The number of hydrogen-bond donors (Lipinski definition) is 3. The van der Waals surface area contributed by atoms with Gasteiger partial charge < -0.3 is 16.0 Å². The summed E-state index contributed by atoms with van der Waals surface area (Å²) in [6.07, 6.45) is 0. The van der Waals surface area contributed by atoms with Gasteiger partial charge in [0.05, 0.1) is 6.54 Å². The maximum atomic E-state index is 12.8. The number of benzene rings is 2. The first kappa shape index (κ1) is 17.5. The van der Waals surface area contributed by atoms with Gasteiger partial charge in [-0.1, -0.05) is 13.8 Å². The van der Waals surface area contributed by atoms with Crippen molar-refractivity contribution in [2.75, 3.05) is 22.5 Å². The molecule has 0 atom stereocenters. The van der Waals surface area contributed by atoms with Crippen molar-refractivity contribution in [3.05, 3.63) is 54.3 Å². The Morgan fingerprint density at radius 3 is 1.92 bits per heavy atom. The van der Waals surface area contributed by atoms with Gasteiger partial charge >= 0.3 is 0 Å². The normalized spacial score (nSPS) is 10.3. The average molecular weight is 329 g/mol. The topological polar surface area (TPSA) is 70.2 Å². The van der Waals surface area contributed by atoms with Crippen molar-refractivity contribution >= 4 is 28.9 Å². The van der Waals surface area contributed by atoms with Gasteiger partial charge in [0.15, 0.2) is 0 Å². The molecule has 2 amide bonds. The predicted octanol–water partition coefficient (Wildman–Crippen LogP) is 3.47. The van der Waals surface area contributed by atoms with E-state index in [1.54, 1.807) is 36.4 Å². The molecule has 0 bridgehead atoms. The fourth-order valence-corrected chi connectivity index (χ4v) is 1.88. The van der Waals surface area contributed by atoms with E-state index in [9.17, 15) is 14.0 Å². The molecular formula is C18H20FN3O2. The highest BCUT2D eigenvalue weighted by Gasteiger charge is 2.07. The van der Waals surface area contributed by atoms with Crippen molar-refractivity contribution in [2.45, 2.75) is 13.8 Å². The largest absolute Gasteiger partial charge is 0.376 e. The minimum atomic E-state index is -0.324. The molecule has 0 heterocycles. The lowest BCUT2D eigenvalue weighted by molar-refractivity contribution is -0.119. The number of hydrogen-bond acceptors (Lipinski definition) is 3. The Morgan fingerprint density at radius 2 is 1.38 bits per heavy atom. The van der Waals surface area contributed by atoms with Crippen molar-refractivity contribution in [3.8, 4) is 0 Å². The maximum absolute atomic E-state index is 12.8. The zero-order valence-electron chi connectivity index (χ0n) is 13.6. The summed E-state index contributed by atoms with van der Waals surface area (Å²) in [5.41, 5.74) is 1.97. The fourth-order valence-electron chi connectivity index (χ4n) is 1.88. The molecule has 2 aromatic carbocycles. The van der Waals surface area contributed by atoms with E-state index >= 15 is 0 Å². The van der Waals surface area contributed by atoms with E-state index in [0.29, 0.717) is 17.1 Å². The minimum absolute atomic E-state index is 0.0599. The summed E-state index contributed by atoms with van der Waals surface area (Å²) >= 11 is 0. The van der Waals surface area contributed by atoms with Gasteiger partial charge in [0.1, 0.15) is 5.82 Å². The number of rotatable bonds is 6. The Morgan fingerprint density at radius 1 is 0.875 bits per heavy atom. The highest BCUT2D eigenvalue weighted by atomic mass is 19.1. The highest BCUT2D eigenvalue weighted by molar-refractivity contribution is 5.95. The molecule has 3 N–H and O–H groups in total. The lowest BCUT2D eigenvalue weighted by Crippen LogP contribution is -2.21. The number of amides is 2. The first-order valence-corrected chi connectivity index (χ1v) is 7.64. The van der Waals surface area contributed by atoms with E-state index in [1.807, 2.05) is 13.8 Å². The van der Waals surface area contributed by atoms with Crippen molar-refractivity contribution in [2.24, 2.45) is 5.92 Å². The average Bonchev–Trinajstić information content (AvgIpc) is 2.56. The third-order valence-electron chi connectivity index (χ3n) is 3.26. The van der Waals surface area contributed by atoms with Crippen molar-refractivity contribution in [1.82, 2.24) is 0 Å². The zero-order chi connectivity index (χ0) is 17.5. The van der Waals surface area contributed by atoms with Crippen LogP contribution in [-0.4, -0.2) is 18.4 Å². The number of carbonyl (C=O) groups excluding carboxylic acids is 2. The summed E-state index contributed by atoms with van der Waals surface area (Å²) in [5, 5.41) is 8.42. The van der Waals surface area contributed by atoms with E-state index < -0.39 is 0 Å². The molecule has 24 heavy (non-hydrogen) atoms. The molecule has 0 aliphatic carbocycles. The van der Waals surface area contributed by atoms with E-state index in [1.165, 1.54) is 12.1 Å². The molecule has 0 unspecified atom stereocenters. The summed E-state index contributed by atoms with van der Waals surface area (Å²) in [6, 6.07) is 12.7. The first-order chi connectivity index (χ1) is 11.4. The van der Waals surface area contributed by atoms with E-state index in [4.69, 9.17) is 0 Å². The van der Waals surface area contributed by atoms with Gasteiger partial charge in [-0.25, -0.2) is 4.39 Å². The van der Waals surface area contributed by atoms with Gasteiger partial charge in [-0.15, -0.1) is 0 Å². The Labute approximate surface area is 140 Å². The lowest BCUT2D eigenvalue weighted by atomic mass is 10.2. The van der Waals surface area contributed by atoms with Crippen LogP contribution in [0.3, 0.4) is 0 Å². The molecule has 0 fully saturated rings. The van der Waals surface area contributed by atoms with Crippen LogP contribution < -0.4 is 16.0 Å². The smallest absolute Gasteiger partial charge is 0.243 e. The Kier molecular flexibility index (Phi) is 5.89. The van der Waals surface area contributed by atoms with E-state index in [-0.39, 0.29) is 30.1 Å². The SMILES string of the molecule is CC(C)C(=O)Nc1ccc(NC(=O)CNc2ccc(F)cc2)cc1. The lowest BCUT2D eigenvalue weighted by Gasteiger charge is -2.10. The second-order valence-corrected chi connectivity index (χ2v) is 5.63. The molecule has 0 aromatic heterocycles. The second kappa shape index (κ2) is 8.10. The quantitative estimate of drug-likeness (QED) is 0.760. The number of anilines is 3. The van der Waals surface area contributed by atoms with E-state index in [0.717, 1.165) is 0 Å². The van der Waals surface area contributed by atoms with Crippen LogP contribution in [0.15, 0.2) is 48.5 Å². The molecule has 0 aliphatic heterocycles. The fraction of sp³-hybridized carbons (Fsp3) is 0.222.